The molecule has 1 heterocycles. The third-order valence-corrected chi connectivity index (χ3v) is 4.56. The lowest BCUT2D eigenvalue weighted by Gasteiger charge is -2.40. The van der Waals surface area contributed by atoms with Gasteiger partial charge in [-0.1, -0.05) is 19.1 Å². The molecule has 0 aromatic rings. The Morgan fingerprint density at radius 3 is 2.59 bits per heavy atom. The molecule has 1 aliphatic heterocycles. The predicted molar refractivity (Wildman–Crippen MR) is 71.7 cm³/mol. The van der Waals surface area contributed by atoms with Crippen LogP contribution in [0.3, 0.4) is 0 Å². The number of amides is 1. The van der Waals surface area contributed by atoms with Crippen molar-refractivity contribution >= 4 is 23.1 Å². The lowest BCUT2D eigenvalue weighted by atomic mass is 10.0. The molecule has 96 valence electrons. The van der Waals surface area contributed by atoms with E-state index in [0.29, 0.717) is 11.0 Å². The molecule has 1 amide bonds. The standard InChI is InChI=1S/C12H21N3OS/c1-3-9-8-15(7-6-14(9)2)11(16)12(4-5-12)10(13)17/h9H,3-8H2,1-2H3,(H2,13,17). The molecule has 2 aliphatic rings. The zero-order valence-corrected chi connectivity index (χ0v) is 11.4. The van der Waals surface area contributed by atoms with Gasteiger partial charge in [-0.25, -0.2) is 0 Å². The average Bonchev–Trinajstić information content (AvgIpc) is 3.10. The molecule has 4 nitrogen and oxygen atoms in total. The smallest absolute Gasteiger partial charge is 0.235 e. The number of nitrogens with two attached hydrogens (primary N) is 1. The molecule has 2 rings (SSSR count). The summed E-state index contributed by atoms with van der Waals surface area (Å²) >= 11 is 5.04. The van der Waals surface area contributed by atoms with Gasteiger partial charge in [0.25, 0.3) is 0 Å². The summed E-state index contributed by atoms with van der Waals surface area (Å²) in [6, 6.07) is 0.467. The van der Waals surface area contributed by atoms with Crippen LogP contribution in [0.2, 0.25) is 0 Å². The Morgan fingerprint density at radius 1 is 1.47 bits per heavy atom. The van der Waals surface area contributed by atoms with E-state index in [4.69, 9.17) is 18.0 Å². The number of thiocarbonyl (C=S) groups is 1. The number of piperazine rings is 1. The fraction of sp³-hybridized carbons (Fsp3) is 0.833. The summed E-state index contributed by atoms with van der Waals surface area (Å²) in [5.74, 6) is 0.163. The van der Waals surface area contributed by atoms with E-state index in [1.54, 1.807) is 0 Å². The van der Waals surface area contributed by atoms with Gasteiger partial charge in [0.1, 0.15) is 0 Å². The highest BCUT2D eigenvalue weighted by Gasteiger charge is 2.54. The van der Waals surface area contributed by atoms with Crippen molar-refractivity contribution in [3.63, 3.8) is 0 Å². The molecular weight excluding hydrogens is 234 g/mol. The summed E-state index contributed by atoms with van der Waals surface area (Å²) in [6.07, 6.45) is 2.74. The first-order valence-corrected chi connectivity index (χ1v) is 6.71. The molecule has 1 saturated heterocycles. The van der Waals surface area contributed by atoms with Gasteiger partial charge in [0, 0.05) is 25.7 Å². The maximum absolute atomic E-state index is 12.4. The summed E-state index contributed by atoms with van der Waals surface area (Å²) in [5.41, 5.74) is 5.23. The van der Waals surface area contributed by atoms with Crippen molar-refractivity contribution in [2.45, 2.75) is 32.2 Å². The number of hydrogen-bond donors (Lipinski definition) is 1. The van der Waals surface area contributed by atoms with Crippen LogP contribution in [-0.2, 0) is 4.79 Å². The van der Waals surface area contributed by atoms with E-state index < -0.39 is 5.41 Å². The molecule has 1 aliphatic carbocycles. The number of carbonyl (C=O) groups is 1. The Kier molecular flexibility index (Phi) is 3.41. The predicted octanol–water partition coefficient (Wildman–Crippen LogP) is 0.605. The Labute approximate surface area is 108 Å². The first-order valence-electron chi connectivity index (χ1n) is 6.31. The number of nitrogens with zero attached hydrogens (tertiary/aromatic N) is 2. The topological polar surface area (TPSA) is 49.6 Å². The minimum Gasteiger partial charge on any atom is -0.392 e. The molecular formula is C12H21N3OS. The van der Waals surface area contributed by atoms with Crippen LogP contribution in [-0.4, -0.2) is 53.4 Å². The minimum absolute atomic E-state index is 0.163. The summed E-state index contributed by atoms with van der Waals surface area (Å²) in [5, 5.41) is 0. The van der Waals surface area contributed by atoms with E-state index in [2.05, 4.69) is 18.9 Å². The molecule has 0 aromatic carbocycles. The summed E-state index contributed by atoms with van der Waals surface area (Å²) in [4.78, 5) is 17.1. The number of rotatable bonds is 3. The first kappa shape index (κ1) is 12.8. The van der Waals surface area contributed by atoms with Gasteiger partial charge in [-0.2, -0.15) is 0 Å². The molecule has 2 N–H and O–H groups in total. The van der Waals surface area contributed by atoms with E-state index in [9.17, 15) is 4.79 Å². The molecule has 2 fully saturated rings. The molecule has 1 unspecified atom stereocenters. The monoisotopic (exact) mass is 255 g/mol. The lowest BCUT2D eigenvalue weighted by Crippen LogP contribution is -2.55. The van der Waals surface area contributed by atoms with Gasteiger partial charge in [0.05, 0.1) is 10.4 Å². The third-order valence-electron chi connectivity index (χ3n) is 4.17. The lowest BCUT2D eigenvalue weighted by molar-refractivity contribution is -0.137. The Hall–Kier alpha value is -0.680. The van der Waals surface area contributed by atoms with Crippen LogP contribution in [0, 0.1) is 5.41 Å². The first-order chi connectivity index (χ1) is 8.01. The minimum atomic E-state index is -0.483. The van der Waals surface area contributed by atoms with Crippen molar-refractivity contribution in [2.75, 3.05) is 26.7 Å². The van der Waals surface area contributed by atoms with Gasteiger partial charge in [-0.15, -0.1) is 0 Å². The third kappa shape index (κ3) is 2.18. The van der Waals surface area contributed by atoms with Crippen LogP contribution in [0.25, 0.3) is 0 Å². The maximum atomic E-state index is 12.4. The molecule has 0 aromatic heterocycles. The molecule has 1 atom stereocenters. The second-order valence-corrected chi connectivity index (χ2v) is 5.68. The van der Waals surface area contributed by atoms with E-state index in [0.717, 1.165) is 38.9 Å². The molecule has 0 bridgehead atoms. The number of hydrogen-bond acceptors (Lipinski definition) is 3. The molecule has 5 heteroatoms. The van der Waals surface area contributed by atoms with Crippen LogP contribution < -0.4 is 5.73 Å². The Balaban J connectivity index is 2.04. The van der Waals surface area contributed by atoms with Crippen molar-refractivity contribution in [3.8, 4) is 0 Å². The quantitative estimate of drug-likeness (QED) is 0.751. The van der Waals surface area contributed by atoms with E-state index >= 15 is 0 Å². The van der Waals surface area contributed by atoms with Gasteiger partial charge in [0.15, 0.2) is 0 Å². The highest BCUT2D eigenvalue weighted by atomic mass is 32.1. The van der Waals surface area contributed by atoms with Crippen LogP contribution in [0.1, 0.15) is 26.2 Å². The van der Waals surface area contributed by atoms with Crippen molar-refractivity contribution < 1.29 is 4.79 Å². The normalized spacial score (nSPS) is 27.9. The largest absolute Gasteiger partial charge is 0.392 e. The van der Waals surface area contributed by atoms with Gasteiger partial charge in [-0.05, 0) is 26.3 Å². The summed E-state index contributed by atoms with van der Waals surface area (Å²) in [6.45, 7) is 4.72. The molecule has 17 heavy (non-hydrogen) atoms. The van der Waals surface area contributed by atoms with Crippen LogP contribution in [0.5, 0.6) is 0 Å². The Morgan fingerprint density at radius 2 is 2.12 bits per heavy atom. The maximum Gasteiger partial charge on any atom is 0.235 e. The van der Waals surface area contributed by atoms with Crippen molar-refractivity contribution in [1.82, 2.24) is 9.80 Å². The van der Waals surface area contributed by atoms with Crippen molar-refractivity contribution in [3.05, 3.63) is 0 Å². The van der Waals surface area contributed by atoms with Crippen LogP contribution in [0.15, 0.2) is 0 Å². The second-order valence-electron chi connectivity index (χ2n) is 5.24. The summed E-state index contributed by atoms with van der Waals surface area (Å²) < 4.78 is 0. The number of likely N-dealkylation sites (N-methyl/N-ethyl adjacent to an activating group) is 1. The SMILES string of the molecule is CCC1CN(C(=O)C2(C(N)=S)CC2)CCN1C. The van der Waals surface area contributed by atoms with Crippen molar-refractivity contribution in [1.29, 1.82) is 0 Å². The fourth-order valence-corrected chi connectivity index (χ4v) is 2.86. The van der Waals surface area contributed by atoms with E-state index in [1.165, 1.54) is 0 Å². The highest BCUT2D eigenvalue weighted by Crippen LogP contribution is 2.47. The van der Waals surface area contributed by atoms with Crippen LogP contribution >= 0.6 is 12.2 Å². The molecule has 1 saturated carbocycles. The zero-order valence-electron chi connectivity index (χ0n) is 10.6. The zero-order chi connectivity index (χ0) is 12.6. The van der Waals surface area contributed by atoms with Crippen LogP contribution in [0.4, 0.5) is 0 Å². The van der Waals surface area contributed by atoms with E-state index in [-0.39, 0.29) is 5.91 Å². The molecule has 0 radical (unpaired) electrons. The van der Waals surface area contributed by atoms with Gasteiger partial charge >= 0.3 is 0 Å². The molecule has 0 spiro atoms. The average molecular weight is 255 g/mol. The number of carbonyl (C=O) groups excluding carboxylic acids is 1. The van der Waals surface area contributed by atoms with Gasteiger partial charge in [-0.3, -0.25) is 9.69 Å². The van der Waals surface area contributed by atoms with E-state index in [1.807, 2.05) is 4.90 Å². The highest BCUT2D eigenvalue weighted by molar-refractivity contribution is 7.80. The summed E-state index contributed by atoms with van der Waals surface area (Å²) in [7, 11) is 2.12. The van der Waals surface area contributed by atoms with Crippen molar-refractivity contribution in [2.24, 2.45) is 11.1 Å². The van der Waals surface area contributed by atoms with Gasteiger partial charge < -0.3 is 10.6 Å². The Bertz CT molecular complexity index is 341. The second kappa shape index (κ2) is 4.53. The van der Waals surface area contributed by atoms with Gasteiger partial charge in [0.2, 0.25) is 5.91 Å². The fourth-order valence-electron chi connectivity index (χ4n) is 2.56.